The number of fused-ring (bicyclic) bond motifs is 3. The monoisotopic (exact) mass is 325 g/mol. The minimum absolute atomic E-state index is 1.12. The van der Waals surface area contributed by atoms with Gasteiger partial charge in [0.15, 0.2) is 0 Å². The fourth-order valence-electron chi connectivity index (χ4n) is 3.39. The molecule has 3 heterocycles. The lowest BCUT2D eigenvalue weighted by molar-refractivity contribution is 1.17. The van der Waals surface area contributed by atoms with Crippen LogP contribution in [0.25, 0.3) is 33.1 Å². The van der Waals surface area contributed by atoms with E-state index in [1.54, 1.807) is 0 Å². The lowest BCUT2D eigenvalue weighted by Crippen LogP contribution is -1.94. The largest absolute Gasteiger partial charge is 0.309 e. The summed E-state index contributed by atoms with van der Waals surface area (Å²) in [4.78, 5) is 8.56. The van der Waals surface area contributed by atoms with E-state index in [0.717, 1.165) is 27.5 Å². The number of aromatic nitrogens is 3. The molecule has 25 heavy (non-hydrogen) atoms. The van der Waals surface area contributed by atoms with Crippen LogP contribution in [0, 0.1) is 0 Å². The van der Waals surface area contributed by atoms with E-state index in [1.807, 2.05) is 30.9 Å². The Labute approximate surface area is 147 Å². The minimum atomic E-state index is 1.12. The molecule has 0 bridgehead atoms. The van der Waals surface area contributed by atoms with Crippen molar-refractivity contribution in [3.05, 3.63) is 85.0 Å². The van der Waals surface area contributed by atoms with Crippen molar-refractivity contribution in [1.82, 2.24) is 14.5 Å². The summed E-state index contributed by atoms with van der Waals surface area (Å²) in [6.07, 6.45) is 9.39. The summed E-state index contributed by atoms with van der Waals surface area (Å²) in [6, 6.07) is 12.7. The molecular formula is C22H19N3. The van der Waals surface area contributed by atoms with Crippen LogP contribution in [0.1, 0.15) is 19.4 Å². The molecule has 0 saturated carbocycles. The van der Waals surface area contributed by atoms with Crippen LogP contribution in [-0.4, -0.2) is 14.5 Å². The van der Waals surface area contributed by atoms with Gasteiger partial charge in [-0.2, -0.15) is 0 Å². The van der Waals surface area contributed by atoms with Crippen LogP contribution in [0.2, 0.25) is 0 Å². The number of hydrogen-bond donors (Lipinski definition) is 0. The molecule has 0 aliphatic carbocycles. The van der Waals surface area contributed by atoms with Crippen LogP contribution in [0.3, 0.4) is 0 Å². The Hall–Kier alpha value is -3.20. The van der Waals surface area contributed by atoms with Gasteiger partial charge in [-0.15, -0.1) is 0 Å². The Morgan fingerprint density at radius 1 is 0.880 bits per heavy atom. The van der Waals surface area contributed by atoms with Crippen LogP contribution in [0.4, 0.5) is 0 Å². The van der Waals surface area contributed by atoms with Gasteiger partial charge in [-0.1, -0.05) is 30.4 Å². The third kappa shape index (κ3) is 2.45. The second-order valence-electron chi connectivity index (χ2n) is 6.29. The molecule has 0 unspecified atom stereocenters. The van der Waals surface area contributed by atoms with Gasteiger partial charge >= 0.3 is 0 Å². The average Bonchev–Trinajstić information content (AvgIpc) is 2.97. The van der Waals surface area contributed by atoms with Crippen LogP contribution in [0.15, 0.2) is 79.4 Å². The summed E-state index contributed by atoms with van der Waals surface area (Å²) >= 11 is 0. The van der Waals surface area contributed by atoms with Crippen LogP contribution >= 0.6 is 0 Å². The maximum atomic E-state index is 4.28. The summed E-state index contributed by atoms with van der Waals surface area (Å²) in [5, 5.41) is 2.23. The molecule has 0 amide bonds. The molecule has 0 N–H and O–H groups in total. The number of rotatable bonds is 3. The summed E-state index contributed by atoms with van der Waals surface area (Å²) in [7, 11) is 0. The second kappa shape index (κ2) is 6.02. The highest BCUT2D eigenvalue weighted by Crippen LogP contribution is 2.31. The maximum Gasteiger partial charge on any atom is 0.0572 e. The van der Waals surface area contributed by atoms with Crippen molar-refractivity contribution in [1.29, 1.82) is 0 Å². The third-order valence-corrected chi connectivity index (χ3v) is 4.55. The molecule has 3 nitrogen and oxygen atoms in total. The molecule has 3 heteroatoms. The number of pyridine rings is 2. The van der Waals surface area contributed by atoms with Gasteiger partial charge in [-0.05, 0) is 49.2 Å². The topological polar surface area (TPSA) is 30.7 Å². The first-order valence-electron chi connectivity index (χ1n) is 8.29. The zero-order valence-corrected chi connectivity index (χ0v) is 14.4. The third-order valence-electron chi connectivity index (χ3n) is 4.55. The minimum Gasteiger partial charge on any atom is -0.309 e. The van der Waals surface area contributed by atoms with Crippen molar-refractivity contribution in [2.75, 3.05) is 0 Å². The van der Waals surface area contributed by atoms with Crippen molar-refractivity contribution in [2.24, 2.45) is 0 Å². The summed E-state index contributed by atoms with van der Waals surface area (Å²) in [6.45, 7) is 8.15. The van der Waals surface area contributed by atoms with E-state index in [4.69, 9.17) is 0 Å². The zero-order chi connectivity index (χ0) is 17.4. The van der Waals surface area contributed by atoms with E-state index in [1.165, 1.54) is 16.7 Å². The summed E-state index contributed by atoms with van der Waals surface area (Å²) in [5.74, 6) is 0. The van der Waals surface area contributed by atoms with Crippen LogP contribution in [-0.2, 0) is 0 Å². The number of allylic oxidation sites excluding steroid dienone is 3. The molecule has 0 spiro atoms. The molecular weight excluding hydrogens is 306 g/mol. The van der Waals surface area contributed by atoms with E-state index < -0.39 is 0 Å². The van der Waals surface area contributed by atoms with E-state index in [2.05, 4.69) is 71.4 Å². The molecule has 4 aromatic rings. The molecule has 0 saturated heterocycles. The van der Waals surface area contributed by atoms with Gasteiger partial charge in [0.2, 0.25) is 0 Å². The fraction of sp³-hybridized carbons (Fsp3) is 0.0909. The first kappa shape index (κ1) is 15.3. The number of nitrogens with zero attached hydrogens (tertiary/aromatic N) is 3. The quantitative estimate of drug-likeness (QED) is 0.462. The first-order chi connectivity index (χ1) is 12.2. The predicted molar refractivity (Wildman–Crippen MR) is 105 cm³/mol. The Bertz CT molecular complexity index is 1060. The maximum absolute atomic E-state index is 4.28. The van der Waals surface area contributed by atoms with Crippen LogP contribution < -0.4 is 0 Å². The second-order valence-corrected chi connectivity index (χ2v) is 6.29. The Morgan fingerprint density at radius 3 is 1.92 bits per heavy atom. The normalized spacial score (nSPS) is 11.0. The Kier molecular flexibility index (Phi) is 3.69. The highest BCUT2D eigenvalue weighted by atomic mass is 15.0. The molecule has 4 rings (SSSR count). The summed E-state index contributed by atoms with van der Waals surface area (Å²) in [5.41, 5.74) is 7.02. The van der Waals surface area contributed by atoms with Gasteiger partial charge < -0.3 is 4.57 Å². The Balaban J connectivity index is 1.95. The smallest absolute Gasteiger partial charge is 0.0572 e. The predicted octanol–water partition coefficient (Wildman–Crippen LogP) is 5.55. The summed E-state index contributed by atoms with van der Waals surface area (Å²) < 4.78 is 2.26. The molecule has 0 aliphatic rings. The highest BCUT2D eigenvalue weighted by molar-refractivity contribution is 6.08. The van der Waals surface area contributed by atoms with E-state index >= 15 is 0 Å². The van der Waals surface area contributed by atoms with Gasteiger partial charge in [0, 0.05) is 41.2 Å². The lowest BCUT2D eigenvalue weighted by atomic mass is 10.0. The van der Waals surface area contributed by atoms with E-state index in [9.17, 15) is 0 Å². The van der Waals surface area contributed by atoms with Crippen LogP contribution in [0.5, 0.6) is 0 Å². The molecule has 0 atom stereocenters. The lowest BCUT2D eigenvalue weighted by Gasteiger charge is -2.10. The van der Waals surface area contributed by atoms with Gasteiger partial charge in [-0.3, -0.25) is 9.97 Å². The molecule has 0 radical (unpaired) electrons. The van der Waals surface area contributed by atoms with E-state index in [-0.39, 0.29) is 0 Å². The van der Waals surface area contributed by atoms with Gasteiger partial charge in [0.25, 0.3) is 0 Å². The molecule has 1 aromatic carbocycles. The highest BCUT2D eigenvalue weighted by Gasteiger charge is 2.12. The van der Waals surface area contributed by atoms with Crippen molar-refractivity contribution in [3.8, 4) is 5.69 Å². The molecule has 122 valence electrons. The fourth-order valence-corrected chi connectivity index (χ4v) is 3.39. The van der Waals surface area contributed by atoms with Crippen molar-refractivity contribution in [3.63, 3.8) is 0 Å². The SMILES string of the molecule is C=CC(=C(C)C)c1ccc(-n2c3ccncc3c3cnccc32)cc1. The van der Waals surface area contributed by atoms with Gasteiger partial charge in [0.1, 0.15) is 0 Å². The molecule has 3 aromatic heterocycles. The van der Waals surface area contributed by atoms with Crippen molar-refractivity contribution in [2.45, 2.75) is 13.8 Å². The van der Waals surface area contributed by atoms with Crippen molar-refractivity contribution >= 4 is 27.4 Å². The molecule has 0 aliphatic heterocycles. The number of benzene rings is 1. The van der Waals surface area contributed by atoms with Gasteiger partial charge in [0.05, 0.1) is 11.0 Å². The number of hydrogen-bond acceptors (Lipinski definition) is 2. The molecule has 0 fully saturated rings. The van der Waals surface area contributed by atoms with E-state index in [0.29, 0.717) is 0 Å². The standard InChI is InChI=1S/C22H19N3/c1-4-18(15(2)3)16-5-7-17(8-6-16)25-21-9-11-23-13-19(21)20-14-24-12-10-22(20)25/h4-14H,1H2,2-3H3. The van der Waals surface area contributed by atoms with Gasteiger partial charge in [-0.25, -0.2) is 0 Å². The Morgan fingerprint density at radius 2 is 1.44 bits per heavy atom. The van der Waals surface area contributed by atoms with Crippen molar-refractivity contribution < 1.29 is 0 Å². The average molecular weight is 325 g/mol. The zero-order valence-electron chi connectivity index (χ0n) is 14.4. The first-order valence-corrected chi connectivity index (χ1v) is 8.29.